The molecule has 0 aromatic carbocycles. The molecule has 0 bridgehead atoms. The Hall–Kier alpha value is -0.830. The van der Waals surface area contributed by atoms with Crippen molar-refractivity contribution in [2.45, 2.75) is 39.7 Å². The van der Waals surface area contributed by atoms with E-state index in [1.165, 1.54) is 17.8 Å². The third-order valence-electron chi connectivity index (χ3n) is 2.44. The fourth-order valence-electron chi connectivity index (χ4n) is 1.61. The predicted octanol–water partition coefficient (Wildman–Crippen LogP) is 1.62. The van der Waals surface area contributed by atoms with Gasteiger partial charge in [0.2, 0.25) is 0 Å². The lowest BCUT2D eigenvalue weighted by molar-refractivity contribution is 0.597. The van der Waals surface area contributed by atoms with Crippen molar-refractivity contribution >= 4 is 0 Å². The van der Waals surface area contributed by atoms with Gasteiger partial charge in [0.15, 0.2) is 0 Å². The summed E-state index contributed by atoms with van der Waals surface area (Å²) in [4.78, 5) is 0. The van der Waals surface area contributed by atoms with Crippen LogP contribution >= 0.6 is 0 Å². The third kappa shape index (κ3) is 2.84. The summed E-state index contributed by atoms with van der Waals surface area (Å²) in [6.07, 6.45) is 3.35. The molecule has 3 heteroatoms. The first-order valence-electron chi connectivity index (χ1n) is 5.52. The van der Waals surface area contributed by atoms with Crippen LogP contribution in [0.2, 0.25) is 0 Å². The molecule has 0 unspecified atom stereocenters. The average molecular weight is 195 g/mol. The normalized spacial score (nSPS) is 10.8. The van der Waals surface area contributed by atoms with Crippen LogP contribution in [0.5, 0.6) is 0 Å². The number of hydrogen-bond donors (Lipinski definition) is 1. The van der Waals surface area contributed by atoms with Crippen LogP contribution in [0.1, 0.15) is 31.7 Å². The maximum absolute atomic E-state index is 4.52. The monoisotopic (exact) mass is 195 g/mol. The van der Waals surface area contributed by atoms with Gasteiger partial charge in [-0.1, -0.05) is 6.92 Å². The molecule has 1 aromatic heterocycles. The molecule has 14 heavy (non-hydrogen) atoms. The average Bonchev–Trinajstić information content (AvgIpc) is 2.61. The van der Waals surface area contributed by atoms with Gasteiger partial charge in [0.25, 0.3) is 0 Å². The largest absolute Gasteiger partial charge is 0.320 e. The quantitative estimate of drug-likeness (QED) is 0.699. The first-order valence-corrected chi connectivity index (χ1v) is 5.52. The molecule has 0 spiro atoms. The molecule has 0 aliphatic rings. The molecule has 1 aromatic rings. The van der Waals surface area contributed by atoms with Crippen molar-refractivity contribution in [2.75, 3.05) is 13.6 Å². The molecule has 0 atom stereocenters. The molecule has 0 saturated carbocycles. The first-order chi connectivity index (χ1) is 6.81. The van der Waals surface area contributed by atoms with Gasteiger partial charge in [-0.3, -0.25) is 4.68 Å². The van der Waals surface area contributed by atoms with E-state index in [4.69, 9.17) is 0 Å². The van der Waals surface area contributed by atoms with E-state index in [1.54, 1.807) is 0 Å². The Morgan fingerprint density at radius 1 is 1.43 bits per heavy atom. The molecule has 0 aliphatic carbocycles. The Balaban J connectivity index is 2.59. The van der Waals surface area contributed by atoms with E-state index < -0.39 is 0 Å². The van der Waals surface area contributed by atoms with Gasteiger partial charge in [0.1, 0.15) is 0 Å². The number of hydrogen-bond acceptors (Lipinski definition) is 2. The first kappa shape index (κ1) is 11.2. The van der Waals surface area contributed by atoms with Crippen LogP contribution in [-0.4, -0.2) is 23.4 Å². The second-order valence-electron chi connectivity index (χ2n) is 3.50. The summed E-state index contributed by atoms with van der Waals surface area (Å²) in [5.41, 5.74) is 2.59. The maximum Gasteiger partial charge on any atom is 0.0624 e. The number of aryl methyl sites for hydroxylation is 3. The van der Waals surface area contributed by atoms with Gasteiger partial charge in [0.05, 0.1) is 5.69 Å². The van der Waals surface area contributed by atoms with Crippen LogP contribution in [0, 0.1) is 0 Å². The van der Waals surface area contributed by atoms with E-state index in [9.17, 15) is 0 Å². The van der Waals surface area contributed by atoms with E-state index in [-0.39, 0.29) is 0 Å². The maximum atomic E-state index is 4.52. The summed E-state index contributed by atoms with van der Waals surface area (Å²) in [7, 11) is 1.99. The van der Waals surface area contributed by atoms with Gasteiger partial charge in [-0.15, -0.1) is 0 Å². The van der Waals surface area contributed by atoms with Crippen molar-refractivity contribution in [1.82, 2.24) is 15.1 Å². The van der Waals surface area contributed by atoms with E-state index in [2.05, 4.69) is 35.0 Å². The number of nitrogens with zero attached hydrogens (tertiary/aromatic N) is 2. The molecule has 0 aliphatic heterocycles. The minimum Gasteiger partial charge on any atom is -0.320 e. The molecule has 1 rings (SSSR count). The van der Waals surface area contributed by atoms with Crippen molar-refractivity contribution < 1.29 is 0 Å². The summed E-state index contributed by atoms with van der Waals surface area (Å²) in [5.74, 6) is 0. The number of aromatic nitrogens is 2. The standard InChI is InChI=1S/C11H21N3/c1-4-10-9-11(7-6-8-12-3)14(5-2)13-10/h9,12H,4-8H2,1-3H3. The Morgan fingerprint density at radius 3 is 2.79 bits per heavy atom. The minimum absolute atomic E-state index is 0.981. The zero-order valence-corrected chi connectivity index (χ0v) is 9.51. The fraction of sp³-hybridized carbons (Fsp3) is 0.727. The number of rotatable bonds is 6. The smallest absolute Gasteiger partial charge is 0.0624 e. The summed E-state index contributed by atoms with van der Waals surface area (Å²) < 4.78 is 2.12. The van der Waals surface area contributed by atoms with Gasteiger partial charge in [-0.25, -0.2) is 0 Å². The Bertz CT molecular complexity index is 265. The summed E-state index contributed by atoms with van der Waals surface area (Å²) in [6, 6.07) is 2.24. The summed E-state index contributed by atoms with van der Waals surface area (Å²) >= 11 is 0. The van der Waals surface area contributed by atoms with Crippen LogP contribution in [0.15, 0.2) is 6.07 Å². The summed E-state index contributed by atoms with van der Waals surface area (Å²) in [6.45, 7) is 6.36. The van der Waals surface area contributed by atoms with Crippen LogP contribution < -0.4 is 5.32 Å². The molecular weight excluding hydrogens is 174 g/mol. The van der Waals surface area contributed by atoms with Crippen LogP contribution in [-0.2, 0) is 19.4 Å². The lowest BCUT2D eigenvalue weighted by Crippen LogP contribution is -2.10. The molecule has 0 amide bonds. The second-order valence-corrected chi connectivity index (χ2v) is 3.50. The minimum atomic E-state index is 0.981. The molecule has 0 saturated heterocycles. The highest BCUT2D eigenvalue weighted by molar-refractivity contribution is 5.10. The van der Waals surface area contributed by atoms with E-state index in [1.807, 2.05) is 7.05 Å². The lowest BCUT2D eigenvalue weighted by Gasteiger charge is -2.03. The van der Waals surface area contributed by atoms with Gasteiger partial charge in [-0.05, 0) is 45.8 Å². The molecule has 0 fully saturated rings. The highest BCUT2D eigenvalue weighted by Crippen LogP contribution is 2.07. The highest BCUT2D eigenvalue weighted by atomic mass is 15.3. The fourth-order valence-corrected chi connectivity index (χ4v) is 1.61. The molecule has 3 nitrogen and oxygen atoms in total. The van der Waals surface area contributed by atoms with Gasteiger partial charge in [-0.2, -0.15) is 5.10 Å². The number of nitrogens with one attached hydrogen (secondary N) is 1. The van der Waals surface area contributed by atoms with Crippen LogP contribution in [0.4, 0.5) is 0 Å². The lowest BCUT2D eigenvalue weighted by atomic mass is 10.2. The Morgan fingerprint density at radius 2 is 2.21 bits per heavy atom. The Kier molecular flexibility index (Phi) is 4.66. The Labute approximate surface area is 86.5 Å². The van der Waals surface area contributed by atoms with Crippen molar-refractivity contribution in [3.63, 3.8) is 0 Å². The molecule has 80 valence electrons. The van der Waals surface area contributed by atoms with Crippen molar-refractivity contribution in [1.29, 1.82) is 0 Å². The van der Waals surface area contributed by atoms with E-state index in [0.29, 0.717) is 0 Å². The van der Waals surface area contributed by atoms with Gasteiger partial charge >= 0.3 is 0 Å². The van der Waals surface area contributed by atoms with Crippen molar-refractivity contribution in [3.05, 3.63) is 17.5 Å². The van der Waals surface area contributed by atoms with Crippen LogP contribution in [0.3, 0.4) is 0 Å². The predicted molar refractivity (Wildman–Crippen MR) is 59.5 cm³/mol. The van der Waals surface area contributed by atoms with Gasteiger partial charge < -0.3 is 5.32 Å². The zero-order valence-electron chi connectivity index (χ0n) is 9.51. The van der Waals surface area contributed by atoms with Crippen molar-refractivity contribution in [2.24, 2.45) is 0 Å². The molecule has 1 heterocycles. The van der Waals surface area contributed by atoms with Crippen molar-refractivity contribution in [3.8, 4) is 0 Å². The zero-order chi connectivity index (χ0) is 10.4. The van der Waals surface area contributed by atoms with E-state index in [0.717, 1.165) is 25.9 Å². The molecular formula is C11H21N3. The topological polar surface area (TPSA) is 29.9 Å². The van der Waals surface area contributed by atoms with Gasteiger partial charge in [0, 0.05) is 12.2 Å². The summed E-state index contributed by atoms with van der Waals surface area (Å²) in [5, 5.41) is 7.69. The molecule has 1 N–H and O–H groups in total. The SMILES string of the molecule is CCc1cc(CCCNC)n(CC)n1. The third-order valence-corrected chi connectivity index (χ3v) is 2.44. The second kappa shape index (κ2) is 5.81. The van der Waals surface area contributed by atoms with E-state index >= 15 is 0 Å². The highest BCUT2D eigenvalue weighted by Gasteiger charge is 2.04. The molecule has 0 radical (unpaired) electrons. The van der Waals surface area contributed by atoms with Crippen LogP contribution in [0.25, 0.3) is 0 Å².